The maximum Gasteiger partial charge on any atom is 0.451 e. The second-order valence-electron chi connectivity index (χ2n) is 6.26. The lowest BCUT2D eigenvalue weighted by atomic mass is 9.83. The Kier molecular flexibility index (Phi) is 5.91. The Morgan fingerprint density at radius 3 is 2.65 bits per heavy atom. The molecule has 26 heavy (non-hydrogen) atoms. The molecule has 0 unspecified atom stereocenters. The van der Waals surface area contributed by atoms with Crippen LogP contribution in [0.25, 0.3) is 22.4 Å². The molecule has 7 heteroatoms. The van der Waals surface area contributed by atoms with Crippen LogP contribution in [0.2, 0.25) is 6.32 Å². The number of methoxy groups -OCH3 is 1. The van der Waals surface area contributed by atoms with Crippen LogP contribution in [-0.2, 0) is 6.54 Å². The zero-order valence-electron chi connectivity index (χ0n) is 14.7. The summed E-state index contributed by atoms with van der Waals surface area (Å²) in [6.45, 7) is 0.727. The normalized spacial score (nSPS) is 11.1. The van der Waals surface area contributed by atoms with Gasteiger partial charge in [-0.15, -0.1) is 0 Å². The van der Waals surface area contributed by atoms with E-state index in [9.17, 15) is 4.39 Å². The summed E-state index contributed by atoms with van der Waals surface area (Å²) < 4.78 is 21.2. The van der Waals surface area contributed by atoms with Crippen molar-refractivity contribution in [2.24, 2.45) is 0 Å². The Labute approximate surface area is 152 Å². The first kappa shape index (κ1) is 18.4. The van der Waals surface area contributed by atoms with Crippen LogP contribution in [0.1, 0.15) is 19.3 Å². The van der Waals surface area contributed by atoms with Crippen molar-refractivity contribution < 1.29 is 19.2 Å². The summed E-state index contributed by atoms with van der Waals surface area (Å²) in [4.78, 5) is 4.68. The van der Waals surface area contributed by atoms with Gasteiger partial charge in [-0.05, 0) is 43.1 Å². The molecule has 136 valence electrons. The van der Waals surface area contributed by atoms with Gasteiger partial charge >= 0.3 is 7.12 Å². The molecule has 0 aliphatic rings. The van der Waals surface area contributed by atoms with Crippen molar-refractivity contribution in [1.29, 1.82) is 0 Å². The van der Waals surface area contributed by atoms with Crippen molar-refractivity contribution in [2.75, 3.05) is 7.11 Å². The molecule has 0 amide bonds. The molecule has 3 aromatic rings. The molecular formula is C19H22BFN2O3. The van der Waals surface area contributed by atoms with Gasteiger partial charge in [-0.1, -0.05) is 25.0 Å². The van der Waals surface area contributed by atoms with Crippen LogP contribution in [0.4, 0.5) is 4.39 Å². The van der Waals surface area contributed by atoms with E-state index < -0.39 is 12.9 Å². The number of hydrogen-bond donors (Lipinski definition) is 2. The third-order valence-corrected chi connectivity index (χ3v) is 4.41. The van der Waals surface area contributed by atoms with Crippen molar-refractivity contribution in [3.05, 3.63) is 48.3 Å². The Morgan fingerprint density at radius 1 is 1.12 bits per heavy atom. The number of para-hydroxylation sites is 2. The van der Waals surface area contributed by atoms with Gasteiger partial charge in [0.05, 0.1) is 18.1 Å². The molecule has 0 radical (unpaired) electrons. The van der Waals surface area contributed by atoms with Crippen LogP contribution < -0.4 is 4.74 Å². The molecule has 2 aromatic carbocycles. The summed E-state index contributed by atoms with van der Waals surface area (Å²) in [6.07, 6.45) is 2.87. The summed E-state index contributed by atoms with van der Waals surface area (Å²) >= 11 is 0. The number of rotatable bonds is 8. The van der Waals surface area contributed by atoms with E-state index in [1.807, 2.05) is 30.3 Å². The van der Waals surface area contributed by atoms with E-state index in [1.165, 1.54) is 13.2 Å². The number of fused-ring (bicyclic) bond motifs is 1. The zero-order valence-corrected chi connectivity index (χ0v) is 14.7. The van der Waals surface area contributed by atoms with Gasteiger partial charge in [-0.2, -0.15) is 0 Å². The summed E-state index contributed by atoms with van der Waals surface area (Å²) in [6, 6.07) is 12.7. The van der Waals surface area contributed by atoms with Gasteiger partial charge < -0.3 is 19.4 Å². The lowest BCUT2D eigenvalue weighted by Crippen LogP contribution is -2.09. The maximum atomic E-state index is 14.1. The summed E-state index contributed by atoms with van der Waals surface area (Å²) in [5, 5.41) is 17.9. The average Bonchev–Trinajstić information content (AvgIpc) is 3.00. The standard InChI is InChI=1S/C19H22BFN2O3/c1-26-18-10-9-14(13-15(18)21)19-22-16-7-3-4-8-17(16)23(19)12-6-2-5-11-20(24)25/h3-4,7-10,13,24-25H,2,5-6,11-12H2,1H3. The minimum atomic E-state index is -1.25. The first-order valence-electron chi connectivity index (χ1n) is 8.75. The Morgan fingerprint density at radius 2 is 1.92 bits per heavy atom. The number of ether oxygens (including phenoxy) is 1. The van der Waals surface area contributed by atoms with Crippen LogP contribution in [0.3, 0.4) is 0 Å². The number of benzene rings is 2. The molecule has 0 saturated heterocycles. The number of imidazole rings is 1. The number of hydrogen-bond acceptors (Lipinski definition) is 4. The Bertz CT molecular complexity index is 882. The van der Waals surface area contributed by atoms with Crippen molar-refractivity contribution in [3.63, 3.8) is 0 Å². The second-order valence-corrected chi connectivity index (χ2v) is 6.26. The number of aromatic nitrogens is 2. The van der Waals surface area contributed by atoms with Crippen molar-refractivity contribution in [2.45, 2.75) is 32.1 Å². The van der Waals surface area contributed by atoms with Crippen LogP contribution in [0.15, 0.2) is 42.5 Å². The van der Waals surface area contributed by atoms with E-state index in [2.05, 4.69) is 9.55 Å². The third-order valence-electron chi connectivity index (χ3n) is 4.41. The number of aryl methyl sites for hydroxylation is 1. The minimum absolute atomic E-state index is 0.207. The summed E-state index contributed by atoms with van der Waals surface area (Å²) in [5.74, 6) is 0.509. The average molecular weight is 356 g/mol. The predicted molar refractivity (Wildman–Crippen MR) is 101 cm³/mol. The van der Waals surface area contributed by atoms with E-state index in [1.54, 1.807) is 6.07 Å². The highest BCUT2D eigenvalue weighted by molar-refractivity contribution is 6.40. The molecule has 1 heterocycles. The highest BCUT2D eigenvalue weighted by Crippen LogP contribution is 2.28. The van der Waals surface area contributed by atoms with Crippen LogP contribution in [-0.4, -0.2) is 33.8 Å². The van der Waals surface area contributed by atoms with Gasteiger partial charge in [0.25, 0.3) is 0 Å². The van der Waals surface area contributed by atoms with E-state index >= 15 is 0 Å². The Balaban J connectivity index is 1.88. The van der Waals surface area contributed by atoms with E-state index in [-0.39, 0.29) is 5.75 Å². The van der Waals surface area contributed by atoms with E-state index in [0.717, 1.165) is 42.7 Å². The SMILES string of the molecule is COc1ccc(-c2nc3ccccc3n2CCCCCB(O)O)cc1F. The van der Waals surface area contributed by atoms with Gasteiger partial charge in [-0.3, -0.25) is 0 Å². The molecule has 0 bridgehead atoms. The topological polar surface area (TPSA) is 67.5 Å². The largest absolute Gasteiger partial charge is 0.494 e. The van der Waals surface area contributed by atoms with Crippen molar-refractivity contribution >= 4 is 18.2 Å². The number of halogens is 1. The molecule has 0 fully saturated rings. The molecule has 0 saturated carbocycles. The zero-order chi connectivity index (χ0) is 18.5. The first-order chi connectivity index (χ1) is 12.6. The number of unbranched alkanes of at least 4 members (excludes halogenated alkanes) is 2. The fraction of sp³-hybridized carbons (Fsp3) is 0.316. The van der Waals surface area contributed by atoms with E-state index in [4.69, 9.17) is 14.8 Å². The lowest BCUT2D eigenvalue weighted by Gasteiger charge is -2.10. The summed E-state index contributed by atoms with van der Waals surface area (Å²) in [7, 11) is 0.193. The van der Waals surface area contributed by atoms with Crippen LogP contribution in [0, 0.1) is 5.82 Å². The fourth-order valence-electron chi connectivity index (χ4n) is 3.10. The van der Waals surface area contributed by atoms with Crippen molar-refractivity contribution in [1.82, 2.24) is 9.55 Å². The molecule has 2 N–H and O–H groups in total. The van der Waals surface area contributed by atoms with Gasteiger partial charge in [0, 0.05) is 12.1 Å². The molecule has 3 rings (SSSR count). The third kappa shape index (κ3) is 4.06. The van der Waals surface area contributed by atoms with Gasteiger partial charge in [-0.25, -0.2) is 9.37 Å². The molecule has 0 aliphatic carbocycles. The monoisotopic (exact) mass is 356 g/mol. The highest BCUT2D eigenvalue weighted by atomic mass is 19.1. The molecule has 0 aliphatic heterocycles. The molecule has 1 aromatic heterocycles. The van der Waals surface area contributed by atoms with Crippen LogP contribution in [0.5, 0.6) is 5.75 Å². The van der Waals surface area contributed by atoms with Gasteiger partial charge in [0.1, 0.15) is 5.82 Å². The molecule has 0 spiro atoms. The second kappa shape index (κ2) is 8.34. The van der Waals surface area contributed by atoms with Crippen LogP contribution >= 0.6 is 0 Å². The predicted octanol–water partition coefficient (Wildman–Crippen LogP) is 3.49. The lowest BCUT2D eigenvalue weighted by molar-refractivity contribution is 0.386. The summed E-state index contributed by atoms with van der Waals surface area (Å²) in [5.41, 5.74) is 2.57. The van der Waals surface area contributed by atoms with Gasteiger partial charge in [0.2, 0.25) is 0 Å². The highest BCUT2D eigenvalue weighted by Gasteiger charge is 2.14. The molecule has 0 atom stereocenters. The minimum Gasteiger partial charge on any atom is -0.494 e. The van der Waals surface area contributed by atoms with Crippen molar-refractivity contribution in [3.8, 4) is 17.1 Å². The fourth-order valence-corrected chi connectivity index (χ4v) is 3.10. The number of nitrogens with zero attached hydrogens (tertiary/aromatic N) is 2. The first-order valence-corrected chi connectivity index (χ1v) is 8.75. The smallest absolute Gasteiger partial charge is 0.451 e. The van der Waals surface area contributed by atoms with Gasteiger partial charge in [0.15, 0.2) is 11.6 Å². The molecular weight excluding hydrogens is 334 g/mol. The molecule has 5 nitrogen and oxygen atoms in total. The maximum absolute atomic E-state index is 14.1. The van der Waals surface area contributed by atoms with E-state index in [0.29, 0.717) is 11.9 Å². The quantitative estimate of drug-likeness (QED) is 0.479. The Hall–Kier alpha value is -2.38.